The van der Waals surface area contributed by atoms with Gasteiger partial charge in [-0.2, -0.15) is 4.98 Å². The van der Waals surface area contributed by atoms with E-state index in [0.717, 1.165) is 11.5 Å². The van der Waals surface area contributed by atoms with E-state index in [9.17, 15) is 0 Å². The third-order valence-electron chi connectivity index (χ3n) is 2.75. The summed E-state index contributed by atoms with van der Waals surface area (Å²) in [6.07, 6.45) is 0. The minimum Gasteiger partial charge on any atom is -0.374 e. The van der Waals surface area contributed by atoms with Gasteiger partial charge in [-0.3, -0.25) is 0 Å². The lowest BCUT2D eigenvalue weighted by atomic mass is 10.2. The summed E-state index contributed by atoms with van der Waals surface area (Å²) in [6.45, 7) is 8.18. The molecule has 4 nitrogen and oxygen atoms in total. The van der Waals surface area contributed by atoms with E-state index in [1.54, 1.807) is 0 Å². The Morgan fingerprint density at radius 2 is 2.00 bits per heavy atom. The number of rotatable bonds is 4. The van der Waals surface area contributed by atoms with Crippen LogP contribution in [0.5, 0.6) is 0 Å². The Morgan fingerprint density at radius 3 is 2.61 bits per heavy atom. The van der Waals surface area contributed by atoms with Crippen LogP contribution in [0.2, 0.25) is 0 Å². The van der Waals surface area contributed by atoms with Crippen molar-refractivity contribution in [2.24, 2.45) is 0 Å². The average Bonchev–Trinajstić information content (AvgIpc) is 2.78. The van der Waals surface area contributed by atoms with Gasteiger partial charge in [0.1, 0.15) is 6.04 Å². The maximum absolute atomic E-state index is 5.27. The van der Waals surface area contributed by atoms with Crippen LogP contribution in [0.1, 0.15) is 50.0 Å². The van der Waals surface area contributed by atoms with E-state index >= 15 is 0 Å². The number of nitrogens with zero attached hydrogens (tertiary/aromatic N) is 2. The van der Waals surface area contributed by atoms with Crippen molar-refractivity contribution in [1.82, 2.24) is 10.1 Å². The predicted molar refractivity (Wildman–Crippen MR) is 71.6 cm³/mol. The van der Waals surface area contributed by atoms with Crippen LogP contribution in [0, 0.1) is 6.92 Å². The molecular weight excluding hydrogens is 226 g/mol. The normalized spacial score (nSPS) is 12.7. The molecule has 0 bridgehead atoms. The Morgan fingerprint density at radius 1 is 1.22 bits per heavy atom. The zero-order valence-corrected chi connectivity index (χ0v) is 11.3. The minimum absolute atomic E-state index is 0.00630. The summed E-state index contributed by atoms with van der Waals surface area (Å²) in [4.78, 5) is 4.39. The van der Waals surface area contributed by atoms with Gasteiger partial charge in [0.2, 0.25) is 5.89 Å². The molecule has 1 N–H and O–H groups in total. The number of anilines is 1. The second-order valence-electron chi connectivity index (χ2n) is 4.88. The Labute approximate surface area is 107 Å². The van der Waals surface area contributed by atoms with Crippen LogP contribution < -0.4 is 5.32 Å². The molecule has 2 aromatic rings. The molecule has 1 unspecified atom stereocenters. The van der Waals surface area contributed by atoms with Crippen LogP contribution in [-0.4, -0.2) is 10.1 Å². The quantitative estimate of drug-likeness (QED) is 0.892. The summed E-state index contributed by atoms with van der Waals surface area (Å²) in [7, 11) is 0. The van der Waals surface area contributed by atoms with Crippen LogP contribution >= 0.6 is 0 Å². The van der Waals surface area contributed by atoms with Gasteiger partial charge in [-0.05, 0) is 31.5 Å². The van der Waals surface area contributed by atoms with Gasteiger partial charge in [0.05, 0.1) is 0 Å². The maximum atomic E-state index is 5.27. The topological polar surface area (TPSA) is 51.0 Å². The average molecular weight is 245 g/mol. The van der Waals surface area contributed by atoms with Gasteiger partial charge in [-0.1, -0.05) is 31.1 Å². The summed E-state index contributed by atoms with van der Waals surface area (Å²) in [5.41, 5.74) is 2.28. The van der Waals surface area contributed by atoms with Crippen molar-refractivity contribution in [1.29, 1.82) is 0 Å². The first-order valence-electron chi connectivity index (χ1n) is 6.23. The largest absolute Gasteiger partial charge is 0.374 e. The molecule has 0 saturated carbocycles. The highest BCUT2D eigenvalue weighted by molar-refractivity contribution is 5.46. The summed E-state index contributed by atoms with van der Waals surface area (Å²) in [5.74, 6) is 1.66. The molecule has 0 aliphatic carbocycles. The van der Waals surface area contributed by atoms with E-state index < -0.39 is 0 Å². The molecule has 0 aliphatic heterocycles. The summed E-state index contributed by atoms with van der Waals surface area (Å²) in [5, 5.41) is 7.32. The fourth-order valence-corrected chi connectivity index (χ4v) is 1.70. The molecule has 2 rings (SSSR count). The van der Waals surface area contributed by atoms with Crippen molar-refractivity contribution in [2.45, 2.75) is 39.7 Å². The Bertz CT molecular complexity index is 519. The van der Waals surface area contributed by atoms with E-state index in [1.807, 2.05) is 32.9 Å². The first kappa shape index (κ1) is 12.6. The lowest BCUT2D eigenvalue weighted by molar-refractivity contribution is 0.361. The molecule has 1 aromatic heterocycles. The lowest BCUT2D eigenvalue weighted by Gasteiger charge is -2.11. The number of aromatic nitrogens is 2. The molecule has 0 fully saturated rings. The van der Waals surface area contributed by atoms with Crippen molar-refractivity contribution in [3.05, 3.63) is 41.5 Å². The third-order valence-corrected chi connectivity index (χ3v) is 2.75. The lowest BCUT2D eigenvalue weighted by Crippen LogP contribution is -2.07. The summed E-state index contributed by atoms with van der Waals surface area (Å²) < 4.78 is 5.27. The molecular formula is C14H19N3O. The van der Waals surface area contributed by atoms with E-state index in [4.69, 9.17) is 4.52 Å². The highest BCUT2D eigenvalue weighted by atomic mass is 16.5. The van der Waals surface area contributed by atoms with Gasteiger partial charge in [0.15, 0.2) is 5.82 Å². The monoisotopic (exact) mass is 245 g/mol. The molecule has 0 aliphatic rings. The van der Waals surface area contributed by atoms with Gasteiger partial charge in [-0.15, -0.1) is 0 Å². The predicted octanol–water partition coefficient (Wildman–Crippen LogP) is 3.67. The standard InChI is InChI=1S/C14H19N3O/c1-9(2)13-16-14(18-17-13)11(4)15-12-7-5-6-10(3)8-12/h5-9,11,15H,1-4H3. The van der Waals surface area contributed by atoms with E-state index in [0.29, 0.717) is 5.89 Å². The first-order chi connectivity index (χ1) is 8.56. The van der Waals surface area contributed by atoms with Gasteiger partial charge >= 0.3 is 0 Å². The van der Waals surface area contributed by atoms with Gasteiger partial charge in [0.25, 0.3) is 0 Å². The van der Waals surface area contributed by atoms with Crippen molar-refractivity contribution < 1.29 is 4.52 Å². The van der Waals surface area contributed by atoms with Crippen LogP contribution in [0.25, 0.3) is 0 Å². The molecule has 0 saturated heterocycles. The van der Waals surface area contributed by atoms with E-state index in [1.165, 1.54) is 5.56 Å². The van der Waals surface area contributed by atoms with Crippen LogP contribution in [0.4, 0.5) is 5.69 Å². The molecule has 0 amide bonds. The Balaban J connectivity index is 2.09. The fraction of sp³-hybridized carbons (Fsp3) is 0.429. The van der Waals surface area contributed by atoms with E-state index in [-0.39, 0.29) is 12.0 Å². The fourth-order valence-electron chi connectivity index (χ4n) is 1.70. The Kier molecular flexibility index (Phi) is 3.65. The van der Waals surface area contributed by atoms with Gasteiger partial charge in [0, 0.05) is 11.6 Å². The molecule has 0 spiro atoms. The number of nitrogens with one attached hydrogen (secondary N) is 1. The van der Waals surface area contributed by atoms with Crippen molar-refractivity contribution in [3.63, 3.8) is 0 Å². The zero-order chi connectivity index (χ0) is 13.1. The summed E-state index contributed by atoms with van der Waals surface area (Å²) >= 11 is 0. The summed E-state index contributed by atoms with van der Waals surface area (Å²) in [6, 6.07) is 8.23. The second kappa shape index (κ2) is 5.21. The Hall–Kier alpha value is -1.84. The number of hydrogen-bond donors (Lipinski definition) is 1. The second-order valence-corrected chi connectivity index (χ2v) is 4.88. The number of aryl methyl sites for hydroxylation is 1. The third kappa shape index (κ3) is 2.88. The molecule has 18 heavy (non-hydrogen) atoms. The minimum atomic E-state index is 0.00630. The number of benzene rings is 1. The van der Waals surface area contributed by atoms with Crippen LogP contribution in [0.15, 0.2) is 28.8 Å². The molecule has 1 aromatic carbocycles. The van der Waals surface area contributed by atoms with Crippen molar-refractivity contribution >= 4 is 5.69 Å². The van der Waals surface area contributed by atoms with Gasteiger partial charge in [-0.25, -0.2) is 0 Å². The SMILES string of the molecule is Cc1cccc(NC(C)c2nc(C(C)C)no2)c1. The van der Waals surface area contributed by atoms with Crippen molar-refractivity contribution in [3.8, 4) is 0 Å². The molecule has 0 radical (unpaired) electrons. The molecule has 4 heteroatoms. The zero-order valence-electron chi connectivity index (χ0n) is 11.3. The van der Waals surface area contributed by atoms with Crippen LogP contribution in [0.3, 0.4) is 0 Å². The van der Waals surface area contributed by atoms with Gasteiger partial charge < -0.3 is 9.84 Å². The van der Waals surface area contributed by atoms with Crippen LogP contribution in [-0.2, 0) is 0 Å². The smallest absolute Gasteiger partial charge is 0.248 e. The molecule has 96 valence electrons. The van der Waals surface area contributed by atoms with Crippen molar-refractivity contribution in [2.75, 3.05) is 5.32 Å². The van der Waals surface area contributed by atoms with E-state index in [2.05, 4.69) is 34.5 Å². The first-order valence-corrected chi connectivity index (χ1v) is 6.23. The highest BCUT2D eigenvalue weighted by Gasteiger charge is 2.15. The molecule has 1 atom stereocenters. The highest BCUT2D eigenvalue weighted by Crippen LogP contribution is 2.20. The number of hydrogen-bond acceptors (Lipinski definition) is 4. The maximum Gasteiger partial charge on any atom is 0.248 e. The molecule has 1 heterocycles.